The Morgan fingerprint density at radius 1 is 0.775 bits per heavy atom. The van der Waals surface area contributed by atoms with Gasteiger partial charge in [0.25, 0.3) is 5.91 Å². The molecule has 40 heavy (non-hydrogen) atoms. The molecule has 0 aliphatic carbocycles. The van der Waals surface area contributed by atoms with Crippen LogP contribution in [0.3, 0.4) is 0 Å². The SMILES string of the molecule is O=C(O)c1ccccc1C(=O)Nc1cccc(SC(C(=O)Nc2nc(-c3ccccc3)cs2)c2ccccc2)c1. The van der Waals surface area contributed by atoms with Crippen LogP contribution in [0.1, 0.15) is 31.5 Å². The summed E-state index contributed by atoms with van der Waals surface area (Å²) in [6.45, 7) is 0. The first-order chi connectivity index (χ1) is 19.5. The summed E-state index contributed by atoms with van der Waals surface area (Å²) in [7, 11) is 0. The molecule has 0 spiro atoms. The van der Waals surface area contributed by atoms with Crippen molar-refractivity contribution in [2.45, 2.75) is 10.1 Å². The second-order valence-corrected chi connectivity index (χ2v) is 10.7. The predicted octanol–water partition coefficient (Wildman–Crippen LogP) is 7.23. The number of carbonyl (C=O) groups is 3. The lowest BCUT2D eigenvalue weighted by atomic mass is 10.1. The molecule has 3 N–H and O–H groups in total. The van der Waals surface area contributed by atoms with Crippen LogP contribution >= 0.6 is 23.1 Å². The van der Waals surface area contributed by atoms with E-state index in [-0.39, 0.29) is 17.0 Å². The minimum absolute atomic E-state index is 0.0629. The fraction of sp³-hybridized carbons (Fsp3) is 0.0323. The van der Waals surface area contributed by atoms with Gasteiger partial charge in [0.05, 0.1) is 16.8 Å². The highest BCUT2D eigenvalue weighted by Gasteiger charge is 2.24. The van der Waals surface area contributed by atoms with E-state index in [0.29, 0.717) is 10.8 Å². The van der Waals surface area contributed by atoms with Crippen LogP contribution < -0.4 is 10.6 Å². The Morgan fingerprint density at radius 2 is 1.45 bits per heavy atom. The molecular weight excluding hydrogens is 542 g/mol. The lowest BCUT2D eigenvalue weighted by Crippen LogP contribution is -2.19. The number of hydrogen-bond donors (Lipinski definition) is 3. The number of carboxylic acid groups (broad SMARTS) is 1. The van der Waals surface area contributed by atoms with Crippen molar-refractivity contribution in [1.82, 2.24) is 4.98 Å². The predicted molar refractivity (Wildman–Crippen MR) is 159 cm³/mol. The molecule has 0 saturated heterocycles. The Labute approximate surface area is 238 Å². The Kier molecular flexibility index (Phi) is 8.34. The van der Waals surface area contributed by atoms with Gasteiger partial charge in [0.1, 0.15) is 5.25 Å². The minimum Gasteiger partial charge on any atom is -0.478 e. The fourth-order valence-electron chi connectivity index (χ4n) is 3.99. The molecule has 1 unspecified atom stereocenters. The summed E-state index contributed by atoms with van der Waals surface area (Å²) in [5, 5.41) is 17.0. The molecule has 9 heteroatoms. The molecule has 1 atom stereocenters. The molecule has 2 amide bonds. The smallest absolute Gasteiger partial charge is 0.336 e. The number of hydrogen-bond acceptors (Lipinski definition) is 6. The van der Waals surface area contributed by atoms with Gasteiger partial charge >= 0.3 is 5.97 Å². The highest BCUT2D eigenvalue weighted by Crippen LogP contribution is 2.38. The number of thioether (sulfide) groups is 1. The van der Waals surface area contributed by atoms with Crippen LogP contribution in [0.5, 0.6) is 0 Å². The zero-order valence-corrected chi connectivity index (χ0v) is 22.6. The van der Waals surface area contributed by atoms with Crippen molar-refractivity contribution in [2.24, 2.45) is 0 Å². The van der Waals surface area contributed by atoms with E-state index in [1.165, 1.54) is 35.2 Å². The molecule has 5 aromatic rings. The van der Waals surface area contributed by atoms with Crippen LogP contribution in [0, 0.1) is 0 Å². The molecule has 0 saturated carbocycles. The number of benzene rings is 4. The van der Waals surface area contributed by atoms with Gasteiger partial charge in [-0.3, -0.25) is 9.59 Å². The molecule has 4 aromatic carbocycles. The largest absolute Gasteiger partial charge is 0.478 e. The summed E-state index contributed by atoms with van der Waals surface area (Å²) >= 11 is 2.70. The minimum atomic E-state index is -1.18. The van der Waals surface area contributed by atoms with E-state index < -0.39 is 17.1 Å². The summed E-state index contributed by atoms with van der Waals surface area (Å²) in [5.41, 5.74) is 3.04. The number of rotatable bonds is 9. The number of thiazole rings is 1. The third-order valence-corrected chi connectivity index (χ3v) is 7.90. The number of nitrogens with one attached hydrogen (secondary N) is 2. The molecule has 0 fully saturated rings. The van der Waals surface area contributed by atoms with E-state index in [4.69, 9.17) is 0 Å². The van der Waals surface area contributed by atoms with Gasteiger partial charge in [0.15, 0.2) is 5.13 Å². The Balaban J connectivity index is 1.35. The quantitative estimate of drug-likeness (QED) is 0.163. The fourth-order valence-corrected chi connectivity index (χ4v) is 5.80. The normalized spacial score (nSPS) is 11.4. The molecule has 0 aliphatic rings. The number of carbonyl (C=O) groups excluding carboxylic acids is 2. The van der Waals surface area contributed by atoms with Crippen LogP contribution in [-0.2, 0) is 4.79 Å². The number of anilines is 2. The van der Waals surface area contributed by atoms with Gasteiger partial charge < -0.3 is 15.7 Å². The summed E-state index contributed by atoms with van der Waals surface area (Å²) in [6, 6.07) is 32.3. The maximum atomic E-state index is 13.5. The summed E-state index contributed by atoms with van der Waals surface area (Å²) in [5.74, 6) is -1.94. The molecule has 198 valence electrons. The van der Waals surface area contributed by atoms with Crippen LogP contribution in [0.4, 0.5) is 10.8 Å². The Morgan fingerprint density at radius 3 is 2.17 bits per heavy atom. The number of carboxylic acids is 1. The third kappa shape index (κ3) is 6.45. The number of nitrogens with zero attached hydrogens (tertiary/aromatic N) is 1. The third-order valence-electron chi connectivity index (χ3n) is 5.89. The van der Waals surface area contributed by atoms with Gasteiger partial charge in [-0.1, -0.05) is 78.9 Å². The summed E-state index contributed by atoms with van der Waals surface area (Å²) in [4.78, 5) is 43.2. The van der Waals surface area contributed by atoms with Crippen molar-refractivity contribution in [3.05, 3.63) is 131 Å². The van der Waals surface area contributed by atoms with E-state index in [0.717, 1.165) is 21.7 Å². The first-order valence-corrected chi connectivity index (χ1v) is 14.0. The molecule has 0 bridgehead atoms. The van der Waals surface area contributed by atoms with Gasteiger partial charge in [-0.25, -0.2) is 9.78 Å². The van der Waals surface area contributed by atoms with Crippen molar-refractivity contribution in [3.8, 4) is 11.3 Å². The summed E-state index contributed by atoms with van der Waals surface area (Å²) in [6.07, 6.45) is 0. The average Bonchev–Trinajstić information content (AvgIpc) is 3.45. The standard InChI is InChI=1S/C31H23N3O4S2/c35-28(24-16-7-8-17-25(24)30(37)38)32-22-14-9-15-23(18-22)40-27(21-12-5-2-6-13-21)29(36)34-31-33-26(19-39-31)20-10-3-1-4-11-20/h1-19,27H,(H,32,35)(H,37,38)(H,33,34,36). The molecular formula is C31H23N3O4S2. The van der Waals surface area contributed by atoms with Crippen molar-refractivity contribution in [3.63, 3.8) is 0 Å². The molecule has 1 heterocycles. The van der Waals surface area contributed by atoms with Crippen molar-refractivity contribution in [1.29, 1.82) is 0 Å². The number of amides is 2. The topological polar surface area (TPSA) is 108 Å². The average molecular weight is 566 g/mol. The molecule has 5 rings (SSSR count). The van der Waals surface area contributed by atoms with Crippen molar-refractivity contribution < 1.29 is 19.5 Å². The van der Waals surface area contributed by atoms with Crippen LogP contribution in [0.2, 0.25) is 0 Å². The highest BCUT2D eigenvalue weighted by molar-refractivity contribution is 8.00. The van der Waals surface area contributed by atoms with E-state index >= 15 is 0 Å². The van der Waals surface area contributed by atoms with Crippen LogP contribution in [0.25, 0.3) is 11.3 Å². The zero-order valence-electron chi connectivity index (χ0n) is 21.0. The number of aromatic nitrogens is 1. The van der Waals surface area contributed by atoms with Crippen LogP contribution in [0.15, 0.2) is 119 Å². The van der Waals surface area contributed by atoms with E-state index in [1.54, 1.807) is 30.3 Å². The second-order valence-electron chi connectivity index (χ2n) is 8.63. The van der Waals surface area contributed by atoms with Crippen molar-refractivity contribution in [2.75, 3.05) is 10.6 Å². The van der Waals surface area contributed by atoms with E-state index in [2.05, 4.69) is 15.6 Å². The summed E-state index contributed by atoms with van der Waals surface area (Å²) < 4.78 is 0. The maximum Gasteiger partial charge on any atom is 0.336 e. The van der Waals surface area contributed by atoms with Crippen LogP contribution in [-0.4, -0.2) is 27.9 Å². The molecule has 0 radical (unpaired) electrons. The maximum absolute atomic E-state index is 13.5. The van der Waals surface area contributed by atoms with Gasteiger partial charge in [0.2, 0.25) is 5.91 Å². The van der Waals surface area contributed by atoms with Gasteiger partial charge in [-0.15, -0.1) is 23.1 Å². The molecule has 1 aromatic heterocycles. The van der Waals surface area contributed by atoms with Gasteiger partial charge in [-0.2, -0.15) is 0 Å². The lowest BCUT2D eigenvalue weighted by molar-refractivity contribution is -0.115. The monoisotopic (exact) mass is 565 g/mol. The van der Waals surface area contributed by atoms with Crippen molar-refractivity contribution >= 4 is 51.7 Å². The lowest BCUT2D eigenvalue weighted by Gasteiger charge is -2.17. The van der Waals surface area contributed by atoms with Gasteiger partial charge in [-0.05, 0) is 35.9 Å². The number of aromatic carboxylic acids is 1. The Bertz CT molecular complexity index is 1660. The molecule has 0 aliphatic heterocycles. The first-order valence-electron chi connectivity index (χ1n) is 12.2. The highest BCUT2D eigenvalue weighted by atomic mass is 32.2. The van der Waals surface area contributed by atoms with E-state index in [1.807, 2.05) is 72.1 Å². The second kappa shape index (κ2) is 12.4. The zero-order chi connectivity index (χ0) is 27.9. The molecule has 7 nitrogen and oxygen atoms in total. The van der Waals surface area contributed by atoms with E-state index in [9.17, 15) is 19.5 Å². The first kappa shape index (κ1) is 26.9. The van der Waals surface area contributed by atoms with Gasteiger partial charge in [0, 0.05) is 21.5 Å². The Hall–Kier alpha value is -4.73.